The van der Waals surface area contributed by atoms with Crippen LogP contribution in [0.1, 0.15) is 30.7 Å². The molecule has 0 amide bonds. The average Bonchev–Trinajstić information content (AvgIpc) is 2.41. The predicted molar refractivity (Wildman–Crippen MR) is 83.1 cm³/mol. The molecule has 2 aromatic rings. The van der Waals surface area contributed by atoms with Crippen LogP contribution >= 0.6 is 11.6 Å². The Morgan fingerprint density at radius 1 is 1.05 bits per heavy atom. The van der Waals surface area contributed by atoms with Crippen molar-refractivity contribution in [2.24, 2.45) is 0 Å². The summed E-state index contributed by atoms with van der Waals surface area (Å²) < 4.78 is 0. The van der Waals surface area contributed by atoms with Gasteiger partial charge in [0, 0.05) is 29.8 Å². The number of hydrogen-bond acceptors (Lipinski definition) is 2. The van der Waals surface area contributed by atoms with Gasteiger partial charge in [0.05, 0.1) is 5.60 Å². The van der Waals surface area contributed by atoms with Crippen molar-refractivity contribution in [3.8, 4) is 0 Å². The summed E-state index contributed by atoms with van der Waals surface area (Å²) in [5.41, 5.74) is 2.39. The van der Waals surface area contributed by atoms with Crippen molar-refractivity contribution >= 4 is 11.6 Å². The fraction of sp³-hybridized carbons (Fsp3) is 0.353. The molecule has 1 aromatic carbocycles. The first-order valence-electron chi connectivity index (χ1n) is 6.89. The molecule has 0 aliphatic rings. The number of aromatic nitrogens is 1. The summed E-state index contributed by atoms with van der Waals surface area (Å²) in [5, 5.41) is 11.3. The van der Waals surface area contributed by atoms with Crippen molar-refractivity contribution in [1.29, 1.82) is 0 Å². The van der Waals surface area contributed by atoms with Gasteiger partial charge in [-0.2, -0.15) is 0 Å². The normalized spacial score (nSPS) is 14.0. The highest BCUT2D eigenvalue weighted by atomic mass is 35.5. The van der Waals surface area contributed by atoms with Crippen molar-refractivity contribution in [1.82, 2.24) is 4.98 Å². The summed E-state index contributed by atoms with van der Waals surface area (Å²) >= 11 is 5.87. The minimum absolute atomic E-state index is 0.541. The first-order valence-corrected chi connectivity index (χ1v) is 7.27. The smallest absolute Gasteiger partial charge is 0.0715 e. The van der Waals surface area contributed by atoms with Crippen LogP contribution in [0.15, 0.2) is 42.6 Å². The van der Waals surface area contributed by atoms with Crippen LogP contribution in [0.5, 0.6) is 0 Å². The molecule has 2 nitrogen and oxygen atoms in total. The maximum atomic E-state index is 10.5. The van der Waals surface area contributed by atoms with Crippen molar-refractivity contribution in [3.63, 3.8) is 0 Å². The van der Waals surface area contributed by atoms with E-state index in [4.69, 9.17) is 11.6 Å². The highest BCUT2D eigenvalue weighted by Crippen LogP contribution is 2.19. The quantitative estimate of drug-likeness (QED) is 0.907. The molecule has 0 fully saturated rings. The molecule has 106 valence electrons. The van der Waals surface area contributed by atoms with E-state index < -0.39 is 5.60 Å². The van der Waals surface area contributed by atoms with Crippen LogP contribution < -0.4 is 0 Å². The fourth-order valence-corrected chi connectivity index (χ4v) is 2.39. The molecule has 20 heavy (non-hydrogen) atoms. The molecule has 0 bridgehead atoms. The number of pyridine rings is 1. The van der Waals surface area contributed by atoms with E-state index in [-0.39, 0.29) is 0 Å². The third-order valence-electron chi connectivity index (χ3n) is 3.35. The Hall–Kier alpha value is -1.38. The minimum Gasteiger partial charge on any atom is -0.389 e. The number of rotatable bonds is 5. The van der Waals surface area contributed by atoms with Crippen LogP contribution in [0.25, 0.3) is 0 Å². The summed E-state index contributed by atoms with van der Waals surface area (Å²) in [6.07, 6.45) is 3.99. The van der Waals surface area contributed by atoms with Crippen LogP contribution in [0.4, 0.5) is 0 Å². The fourth-order valence-electron chi connectivity index (χ4n) is 2.26. The molecule has 3 heteroatoms. The largest absolute Gasteiger partial charge is 0.389 e. The van der Waals surface area contributed by atoms with Crippen LogP contribution in [0.2, 0.25) is 5.02 Å². The predicted octanol–water partition coefficient (Wildman–Crippen LogP) is 3.83. The van der Waals surface area contributed by atoms with Gasteiger partial charge in [-0.1, -0.05) is 36.7 Å². The zero-order chi connectivity index (χ0) is 14.6. The number of nitrogens with zero attached hydrogens (tertiary/aromatic N) is 1. The first kappa shape index (κ1) is 15.0. The second kappa shape index (κ2) is 6.38. The third kappa shape index (κ3) is 4.32. The second-order valence-electron chi connectivity index (χ2n) is 5.49. The van der Waals surface area contributed by atoms with Crippen LogP contribution in [0.3, 0.4) is 0 Å². The maximum absolute atomic E-state index is 10.5. The Kier molecular flexibility index (Phi) is 4.79. The van der Waals surface area contributed by atoms with E-state index in [1.807, 2.05) is 43.5 Å². The Labute approximate surface area is 125 Å². The number of benzene rings is 1. The van der Waals surface area contributed by atoms with Gasteiger partial charge in [0.2, 0.25) is 0 Å². The van der Waals surface area contributed by atoms with Gasteiger partial charge >= 0.3 is 0 Å². The SMILES string of the molecule is CCc1ccc(CC(C)(O)Cc2ccc(Cl)cc2)nc1. The third-order valence-corrected chi connectivity index (χ3v) is 3.61. The molecule has 1 aromatic heterocycles. The molecule has 1 atom stereocenters. The van der Waals surface area contributed by atoms with Gasteiger partial charge < -0.3 is 5.11 Å². The first-order chi connectivity index (χ1) is 9.48. The highest BCUT2D eigenvalue weighted by molar-refractivity contribution is 6.30. The number of aliphatic hydroxyl groups is 1. The van der Waals surface area contributed by atoms with Crippen LogP contribution in [-0.4, -0.2) is 15.7 Å². The molecule has 0 aliphatic heterocycles. The van der Waals surface area contributed by atoms with Crippen molar-refractivity contribution in [2.75, 3.05) is 0 Å². The monoisotopic (exact) mass is 289 g/mol. The Morgan fingerprint density at radius 2 is 1.70 bits per heavy atom. The van der Waals surface area contributed by atoms with Crippen LogP contribution in [0, 0.1) is 0 Å². The van der Waals surface area contributed by atoms with E-state index in [1.165, 1.54) is 5.56 Å². The van der Waals surface area contributed by atoms with Gasteiger partial charge in [0.15, 0.2) is 0 Å². The summed E-state index contributed by atoms with van der Waals surface area (Å²) in [6.45, 7) is 3.95. The molecule has 1 heterocycles. The molecule has 0 saturated carbocycles. The van der Waals surface area contributed by atoms with Gasteiger partial charge in [0.25, 0.3) is 0 Å². The molecular formula is C17H20ClNO. The molecular weight excluding hydrogens is 270 g/mol. The lowest BCUT2D eigenvalue weighted by atomic mass is 9.91. The van der Waals surface area contributed by atoms with E-state index in [9.17, 15) is 5.11 Å². The molecule has 1 N–H and O–H groups in total. The molecule has 0 spiro atoms. The Balaban J connectivity index is 2.03. The van der Waals surface area contributed by atoms with Gasteiger partial charge in [-0.25, -0.2) is 0 Å². The minimum atomic E-state index is -0.811. The van der Waals surface area contributed by atoms with E-state index in [0.29, 0.717) is 17.9 Å². The van der Waals surface area contributed by atoms with E-state index >= 15 is 0 Å². The van der Waals surface area contributed by atoms with Crippen molar-refractivity contribution in [3.05, 3.63) is 64.4 Å². The van der Waals surface area contributed by atoms with Crippen molar-refractivity contribution in [2.45, 2.75) is 38.7 Å². The molecule has 0 saturated heterocycles. The Bertz CT molecular complexity index is 546. The number of aryl methyl sites for hydroxylation is 1. The summed E-state index contributed by atoms with van der Waals surface area (Å²) in [4.78, 5) is 4.41. The van der Waals surface area contributed by atoms with E-state index in [0.717, 1.165) is 17.7 Å². The lowest BCUT2D eigenvalue weighted by molar-refractivity contribution is 0.0598. The summed E-state index contributed by atoms with van der Waals surface area (Å²) in [6, 6.07) is 11.7. The number of halogens is 1. The number of hydrogen-bond donors (Lipinski definition) is 1. The topological polar surface area (TPSA) is 33.1 Å². The van der Waals surface area contributed by atoms with E-state index in [1.54, 1.807) is 0 Å². The van der Waals surface area contributed by atoms with Crippen LogP contribution in [-0.2, 0) is 19.3 Å². The van der Waals surface area contributed by atoms with E-state index in [2.05, 4.69) is 18.0 Å². The second-order valence-corrected chi connectivity index (χ2v) is 5.92. The zero-order valence-electron chi connectivity index (χ0n) is 11.9. The van der Waals surface area contributed by atoms with Crippen molar-refractivity contribution < 1.29 is 5.11 Å². The molecule has 1 unspecified atom stereocenters. The summed E-state index contributed by atoms with van der Waals surface area (Å²) in [7, 11) is 0. The molecule has 0 aliphatic carbocycles. The van der Waals surface area contributed by atoms with Gasteiger partial charge in [-0.3, -0.25) is 4.98 Å². The zero-order valence-corrected chi connectivity index (χ0v) is 12.7. The maximum Gasteiger partial charge on any atom is 0.0715 e. The van der Waals surface area contributed by atoms with Gasteiger partial charge in [0.1, 0.15) is 0 Å². The Morgan fingerprint density at radius 3 is 2.25 bits per heavy atom. The molecule has 0 radical (unpaired) electrons. The van der Waals surface area contributed by atoms with Gasteiger partial charge in [-0.15, -0.1) is 0 Å². The highest BCUT2D eigenvalue weighted by Gasteiger charge is 2.22. The standard InChI is InChI=1S/C17H20ClNO/c1-3-13-6-9-16(19-12-13)11-17(2,20)10-14-4-7-15(18)8-5-14/h4-9,12,20H,3,10-11H2,1-2H3. The summed E-state index contributed by atoms with van der Waals surface area (Å²) in [5.74, 6) is 0. The van der Waals surface area contributed by atoms with Gasteiger partial charge in [-0.05, 0) is 42.7 Å². The average molecular weight is 290 g/mol. The lowest BCUT2D eigenvalue weighted by Gasteiger charge is -2.23. The molecule has 2 rings (SSSR count). The lowest BCUT2D eigenvalue weighted by Crippen LogP contribution is -2.30.